The van der Waals surface area contributed by atoms with Gasteiger partial charge in [-0.05, 0) is 74.1 Å². The topological polar surface area (TPSA) is 67.3 Å². The number of carbonyl (C=O) groups is 1. The van der Waals surface area contributed by atoms with Crippen LogP contribution in [0.1, 0.15) is 30.9 Å². The number of anilines is 2. The third-order valence-electron chi connectivity index (χ3n) is 6.11. The Labute approximate surface area is 189 Å². The zero-order valence-corrected chi connectivity index (χ0v) is 19.0. The Hall–Kier alpha value is -3.41. The molecule has 1 aromatic heterocycles. The summed E-state index contributed by atoms with van der Waals surface area (Å²) in [5, 5.41) is 11.8. The molecule has 2 aromatic carbocycles. The van der Waals surface area contributed by atoms with E-state index in [1.165, 1.54) is 12.8 Å². The molecule has 0 unspecified atom stereocenters. The maximum absolute atomic E-state index is 12.4. The molecule has 0 bridgehead atoms. The van der Waals surface area contributed by atoms with Crippen LogP contribution < -0.4 is 15.0 Å². The van der Waals surface area contributed by atoms with Crippen molar-refractivity contribution in [1.29, 1.82) is 0 Å². The maximum Gasteiger partial charge on any atom is 0.262 e. The maximum atomic E-state index is 12.4. The summed E-state index contributed by atoms with van der Waals surface area (Å²) in [4.78, 5) is 14.7. The number of ether oxygens (including phenoxy) is 1. The zero-order chi connectivity index (χ0) is 22.5. The molecule has 1 amide bonds. The molecule has 1 fully saturated rings. The first-order valence-electron chi connectivity index (χ1n) is 11.2. The van der Waals surface area contributed by atoms with E-state index in [0.29, 0.717) is 5.69 Å². The van der Waals surface area contributed by atoms with E-state index in [1.54, 1.807) is 0 Å². The molecule has 3 aromatic rings. The van der Waals surface area contributed by atoms with Crippen molar-refractivity contribution in [3.05, 3.63) is 65.7 Å². The number of benzene rings is 2. The fourth-order valence-electron chi connectivity index (χ4n) is 3.86. The smallest absolute Gasteiger partial charge is 0.262 e. The van der Waals surface area contributed by atoms with Crippen molar-refractivity contribution in [2.75, 3.05) is 29.9 Å². The van der Waals surface area contributed by atoms with E-state index in [2.05, 4.69) is 27.3 Å². The molecular weight excluding hydrogens is 400 g/mol. The lowest BCUT2D eigenvalue weighted by molar-refractivity contribution is -0.118. The molecule has 0 atom stereocenters. The molecule has 4 rings (SSSR count). The number of amides is 1. The van der Waals surface area contributed by atoms with Crippen LogP contribution in [0.4, 0.5) is 11.5 Å². The van der Waals surface area contributed by atoms with E-state index in [-0.39, 0.29) is 12.5 Å². The second-order valence-electron chi connectivity index (χ2n) is 8.56. The predicted octanol–water partition coefficient (Wildman–Crippen LogP) is 5.01. The summed E-state index contributed by atoms with van der Waals surface area (Å²) < 4.78 is 5.70. The van der Waals surface area contributed by atoms with Crippen molar-refractivity contribution < 1.29 is 9.53 Å². The monoisotopic (exact) mass is 430 g/mol. The molecule has 0 radical (unpaired) electrons. The molecule has 0 spiro atoms. The van der Waals surface area contributed by atoms with Crippen molar-refractivity contribution in [1.82, 2.24) is 10.2 Å². The first kappa shape index (κ1) is 21.8. The van der Waals surface area contributed by atoms with Gasteiger partial charge in [0.05, 0.1) is 5.69 Å². The average molecular weight is 431 g/mol. The molecule has 1 N–H and O–H groups in total. The number of hydrogen-bond donors (Lipinski definition) is 1. The number of carbonyl (C=O) groups excluding carboxylic acids is 1. The second-order valence-corrected chi connectivity index (χ2v) is 8.56. The largest absolute Gasteiger partial charge is 0.483 e. The Morgan fingerprint density at radius 1 is 1.06 bits per heavy atom. The highest BCUT2D eigenvalue weighted by Gasteiger charge is 2.17. The Balaban J connectivity index is 1.37. The predicted molar refractivity (Wildman–Crippen MR) is 128 cm³/mol. The van der Waals surface area contributed by atoms with Gasteiger partial charge in [-0.15, -0.1) is 10.2 Å². The summed E-state index contributed by atoms with van der Waals surface area (Å²) in [6.45, 7) is 8.33. The van der Waals surface area contributed by atoms with Crippen molar-refractivity contribution in [2.24, 2.45) is 5.92 Å². The Kier molecular flexibility index (Phi) is 6.69. The van der Waals surface area contributed by atoms with Gasteiger partial charge in [0.15, 0.2) is 12.4 Å². The normalized spacial score (nSPS) is 14.3. The van der Waals surface area contributed by atoms with Gasteiger partial charge in [-0.3, -0.25) is 4.79 Å². The van der Waals surface area contributed by atoms with Crippen LogP contribution in [0.15, 0.2) is 54.6 Å². The van der Waals surface area contributed by atoms with E-state index in [9.17, 15) is 4.79 Å². The van der Waals surface area contributed by atoms with Gasteiger partial charge in [-0.25, -0.2) is 0 Å². The Bertz CT molecular complexity index is 1070. The molecule has 2 heterocycles. The summed E-state index contributed by atoms with van der Waals surface area (Å²) in [6, 6.07) is 17.5. The van der Waals surface area contributed by atoms with Gasteiger partial charge in [0, 0.05) is 24.3 Å². The minimum atomic E-state index is -0.205. The van der Waals surface area contributed by atoms with Crippen molar-refractivity contribution in [3.63, 3.8) is 0 Å². The van der Waals surface area contributed by atoms with E-state index in [4.69, 9.17) is 4.74 Å². The summed E-state index contributed by atoms with van der Waals surface area (Å²) >= 11 is 0. The van der Waals surface area contributed by atoms with Crippen molar-refractivity contribution in [3.8, 4) is 17.0 Å². The first-order chi connectivity index (χ1) is 15.5. The summed E-state index contributed by atoms with van der Waals surface area (Å²) in [5.74, 6) is 2.23. The minimum absolute atomic E-state index is 0.0442. The SMILES string of the molecule is Cc1cccc(OCC(=O)Nc2cccc(-c3ccc(N4CCC(C)CC4)nn3)c2)c1C. The number of hydrogen-bond acceptors (Lipinski definition) is 5. The Morgan fingerprint density at radius 2 is 1.84 bits per heavy atom. The summed E-state index contributed by atoms with van der Waals surface area (Å²) in [5.41, 5.74) is 4.57. The fourth-order valence-corrected chi connectivity index (χ4v) is 3.86. The molecule has 0 saturated carbocycles. The molecule has 0 aliphatic carbocycles. The molecule has 1 saturated heterocycles. The Morgan fingerprint density at radius 3 is 2.59 bits per heavy atom. The average Bonchev–Trinajstić information content (AvgIpc) is 2.81. The third kappa shape index (κ3) is 5.25. The molecule has 1 aliphatic heterocycles. The number of aromatic nitrogens is 2. The van der Waals surface area contributed by atoms with Crippen LogP contribution in [0.3, 0.4) is 0 Å². The second kappa shape index (κ2) is 9.81. The number of aryl methyl sites for hydroxylation is 1. The number of rotatable bonds is 6. The lowest BCUT2D eigenvalue weighted by atomic mass is 9.99. The minimum Gasteiger partial charge on any atom is -0.483 e. The van der Waals surface area contributed by atoms with E-state index < -0.39 is 0 Å². The fraction of sp³-hybridized carbons (Fsp3) is 0.346. The zero-order valence-electron chi connectivity index (χ0n) is 19.0. The van der Waals surface area contributed by atoms with E-state index in [1.807, 2.05) is 68.4 Å². The van der Waals surface area contributed by atoms with Gasteiger partial charge >= 0.3 is 0 Å². The van der Waals surface area contributed by atoms with Crippen LogP contribution >= 0.6 is 0 Å². The quantitative estimate of drug-likeness (QED) is 0.595. The number of nitrogens with zero attached hydrogens (tertiary/aromatic N) is 3. The van der Waals surface area contributed by atoms with Gasteiger partial charge in [-0.1, -0.05) is 31.2 Å². The molecule has 166 valence electrons. The van der Waals surface area contributed by atoms with Gasteiger partial charge in [0.2, 0.25) is 0 Å². The van der Waals surface area contributed by atoms with Crippen LogP contribution in [0.25, 0.3) is 11.3 Å². The lowest BCUT2D eigenvalue weighted by Gasteiger charge is -2.30. The highest BCUT2D eigenvalue weighted by molar-refractivity contribution is 5.92. The van der Waals surface area contributed by atoms with Gasteiger partial charge < -0.3 is 15.0 Å². The molecule has 6 nitrogen and oxygen atoms in total. The standard InChI is InChI=1S/C26H30N4O2/c1-18-12-14-30(15-13-18)25-11-10-23(28-29-25)21-7-5-8-22(16-21)27-26(31)17-32-24-9-4-6-19(2)20(24)3/h4-11,16,18H,12-15,17H2,1-3H3,(H,27,31). The van der Waals surface area contributed by atoms with Crippen molar-refractivity contribution >= 4 is 17.4 Å². The third-order valence-corrected chi connectivity index (χ3v) is 6.11. The van der Waals surface area contributed by atoms with Crippen LogP contribution in [0.2, 0.25) is 0 Å². The van der Waals surface area contributed by atoms with Crippen molar-refractivity contribution in [2.45, 2.75) is 33.6 Å². The first-order valence-corrected chi connectivity index (χ1v) is 11.2. The van der Waals surface area contributed by atoms with E-state index >= 15 is 0 Å². The lowest BCUT2D eigenvalue weighted by Crippen LogP contribution is -2.33. The summed E-state index contributed by atoms with van der Waals surface area (Å²) in [6.07, 6.45) is 2.39. The number of nitrogens with one attached hydrogen (secondary N) is 1. The van der Waals surface area contributed by atoms with Gasteiger partial charge in [0.1, 0.15) is 5.75 Å². The molecule has 32 heavy (non-hydrogen) atoms. The van der Waals surface area contributed by atoms with Crippen LogP contribution in [-0.4, -0.2) is 35.8 Å². The van der Waals surface area contributed by atoms with E-state index in [0.717, 1.165) is 53.0 Å². The molecular formula is C26H30N4O2. The van der Waals surface area contributed by atoms with Crippen LogP contribution in [0, 0.1) is 19.8 Å². The highest BCUT2D eigenvalue weighted by Crippen LogP contribution is 2.25. The van der Waals surface area contributed by atoms with Crippen LogP contribution in [0.5, 0.6) is 5.75 Å². The van der Waals surface area contributed by atoms with Gasteiger partial charge in [0.25, 0.3) is 5.91 Å². The highest BCUT2D eigenvalue weighted by atomic mass is 16.5. The van der Waals surface area contributed by atoms with Crippen LogP contribution in [-0.2, 0) is 4.79 Å². The van der Waals surface area contributed by atoms with Gasteiger partial charge in [-0.2, -0.15) is 0 Å². The summed E-state index contributed by atoms with van der Waals surface area (Å²) in [7, 11) is 0. The molecule has 6 heteroatoms. The number of piperidine rings is 1. The molecule has 1 aliphatic rings.